The molecular formula is C19H22O3. The molecule has 0 aliphatic rings. The summed E-state index contributed by atoms with van der Waals surface area (Å²) in [6, 6.07) is 16.8. The first-order valence-corrected chi connectivity index (χ1v) is 7.53. The van der Waals surface area contributed by atoms with Crippen molar-refractivity contribution in [3.63, 3.8) is 0 Å². The summed E-state index contributed by atoms with van der Waals surface area (Å²) in [5.41, 5.74) is 2.73. The number of esters is 1. The number of hydrogen-bond acceptors (Lipinski definition) is 3. The highest BCUT2D eigenvalue weighted by molar-refractivity contribution is 5.76. The van der Waals surface area contributed by atoms with Gasteiger partial charge in [0, 0.05) is 0 Å². The lowest BCUT2D eigenvalue weighted by Crippen LogP contribution is -2.15. The quantitative estimate of drug-likeness (QED) is 0.828. The van der Waals surface area contributed by atoms with Crippen LogP contribution in [0.2, 0.25) is 0 Å². The monoisotopic (exact) mass is 298 g/mol. The molecule has 0 heterocycles. The molecule has 0 aromatic heterocycles. The van der Waals surface area contributed by atoms with Gasteiger partial charge in [-0.1, -0.05) is 68.4 Å². The molecule has 3 heteroatoms. The molecule has 1 atom stereocenters. The van der Waals surface area contributed by atoms with Gasteiger partial charge in [0.2, 0.25) is 0 Å². The highest BCUT2D eigenvalue weighted by atomic mass is 16.5. The van der Waals surface area contributed by atoms with E-state index in [0.717, 1.165) is 12.0 Å². The fourth-order valence-corrected chi connectivity index (χ4v) is 2.25. The highest BCUT2D eigenvalue weighted by Gasteiger charge is 2.18. The Labute approximate surface area is 131 Å². The smallest absolute Gasteiger partial charge is 0.339 e. The first kappa shape index (κ1) is 16.2. The minimum atomic E-state index is -1.23. The minimum absolute atomic E-state index is 0.171. The van der Waals surface area contributed by atoms with E-state index in [1.165, 1.54) is 5.56 Å². The minimum Gasteiger partial charge on any atom is -0.459 e. The summed E-state index contributed by atoms with van der Waals surface area (Å²) >= 11 is 0. The Kier molecular flexibility index (Phi) is 5.73. The summed E-state index contributed by atoms with van der Waals surface area (Å²) < 4.78 is 5.18. The zero-order chi connectivity index (χ0) is 15.9. The fourth-order valence-electron chi connectivity index (χ4n) is 2.25. The maximum atomic E-state index is 11.9. The van der Waals surface area contributed by atoms with E-state index in [1.807, 2.05) is 18.2 Å². The van der Waals surface area contributed by atoms with E-state index in [-0.39, 0.29) is 6.61 Å². The number of carbonyl (C=O) groups is 1. The van der Waals surface area contributed by atoms with E-state index in [4.69, 9.17) is 4.74 Å². The predicted octanol–water partition coefficient (Wildman–Crippen LogP) is 3.66. The largest absolute Gasteiger partial charge is 0.459 e. The number of aliphatic hydroxyl groups is 1. The SMILES string of the molecule is CC(C)Cc1ccc(COC(=O)C(O)c2ccccc2)cc1. The number of ether oxygens (including phenoxy) is 1. The molecule has 0 fully saturated rings. The second-order valence-electron chi connectivity index (χ2n) is 5.84. The van der Waals surface area contributed by atoms with E-state index < -0.39 is 12.1 Å². The van der Waals surface area contributed by atoms with Crippen molar-refractivity contribution in [1.82, 2.24) is 0 Å². The van der Waals surface area contributed by atoms with Crippen LogP contribution >= 0.6 is 0 Å². The lowest BCUT2D eigenvalue weighted by Gasteiger charge is -2.11. The van der Waals surface area contributed by atoms with Gasteiger partial charge in [-0.05, 0) is 29.0 Å². The Balaban J connectivity index is 1.88. The first-order chi connectivity index (χ1) is 10.6. The second kappa shape index (κ2) is 7.76. The number of hydrogen-bond donors (Lipinski definition) is 1. The van der Waals surface area contributed by atoms with Gasteiger partial charge in [0.1, 0.15) is 6.61 Å². The molecule has 0 aliphatic heterocycles. The topological polar surface area (TPSA) is 46.5 Å². The predicted molar refractivity (Wildman–Crippen MR) is 86.2 cm³/mol. The summed E-state index contributed by atoms with van der Waals surface area (Å²) in [7, 11) is 0. The number of aliphatic hydroxyl groups excluding tert-OH is 1. The molecule has 0 amide bonds. The van der Waals surface area contributed by atoms with Gasteiger partial charge in [-0.25, -0.2) is 4.79 Å². The highest BCUT2D eigenvalue weighted by Crippen LogP contribution is 2.15. The molecule has 0 saturated heterocycles. The van der Waals surface area contributed by atoms with Gasteiger partial charge in [0.25, 0.3) is 0 Å². The molecule has 3 nitrogen and oxygen atoms in total. The Hall–Kier alpha value is -2.13. The maximum absolute atomic E-state index is 11.9. The Morgan fingerprint density at radius 3 is 2.18 bits per heavy atom. The number of benzene rings is 2. The van der Waals surface area contributed by atoms with Crippen molar-refractivity contribution < 1.29 is 14.6 Å². The van der Waals surface area contributed by atoms with Crippen LogP contribution in [-0.4, -0.2) is 11.1 Å². The average Bonchev–Trinajstić information content (AvgIpc) is 2.53. The van der Waals surface area contributed by atoms with Crippen LogP contribution < -0.4 is 0 Å². The van der Waals surface area contributed by atoms with Crippen LogP contribution in [0.15, 0.2) is 54.6 Å². The molecule has 2 rings (SSSR count). The normalized spacial score (nSPS) is 12.2. The van der Waals surface area contributed by atoms with Crippen molar-refractivity contribution in [1.29, 1.82) is 0 Å². The van der Waals surface area contributed by atoms with E-state index in [9.17, 15) is 9.90 Å². The van der Waals surface area contributed by atoms with Crippen molar-refractivity contribution in [2.24, 2.45) is 5.92 Å². The Morgan fingerprint density at radius 1 is 1.00 bits per heavy atom. The van der Waals surface area contributed by atoms with E-state index in [2.05, 4.69) is 26.0 Å². The molecule has 0 spiro atoms. The van der Waals surface area contributed by atoms with Gasteiger partial charge in [0.15, 0.2) is 6.10 Å². The molecule has 0 bridgehead atoms. The fraction of sp³-hybridized carbons (Fsp3) is 0.316. The van der Waals surface area contributed by atoms with E-state index in [0.29, 0.717) is 11.5 Å². The van der Waals surface area contributed by atoms with Gasteiger partial charge in [-0.2, -0.15) is 0 Å². The zero-order valence-corrected chi connectivity index (χ0v) is 13.0. The summed E-state index contributed by atoms with van der Waals surface area (Å²) in [4.78, 5) is 11.9. The van der Waals surface area contributed by atoms with Gasteiger partial charge in [0.05, 0.1) is 0 Å². The maximum Gasteiger partial charge on any atom is 0.339 e. The van der Waals surface area contributed by atoms with Crippen LogP contribution in [0, 0.1) is 5.92 Å². The van der Waals surface area contributed by atoms with Crippen molar-refractivity contribution in [3.8, 4) is 0 Å². The number of carbonyl (C=O) groups excluding carboxylic acids is 1. The lowest BCUT2D eigenvalue weighted by atomic mass is 10.0. The van der Waals surface area contributed by atoms with Crippen molar-refractivity contribution in [2.75, 3.05) is 0 Å². The lowest BCUT2D eigenvalue weighted by molar-refractivity contribution is -0.155. The van der Waals surface area contributed by atoms with E-state index in [1.54, 1.807) is 24.3 Å². The van der Waals surface area contributed by atoms with Crippen molar-refractivity contribution in [3.05, 3.63) is 71.3 Å². The third-order valence-corrected chi connectivity index (χ3v) is 3.39. The van der Waals surface area contributed by atoms with Gasteiger partial charge in [-0.15, -0.1) is 0 Å². The summed E-state index contributed by atoms with van der Waals surface area (Å²) in [5, 5.41) is 9.94. The van der Waals surface area contributed by atoms with Crippen LogP contribution in [0.4, 0.5) is 0 Å². The van der Waals surface area contributed by atoms with Gasteiger partial charge >= 0.3 is 5.97 Å². The van der Waals surface area contributed by atoms with Crippen LogP contribution in [0.3, 0.4) is 0 Å². The van der Waals surface area contributed by atoms with Crippen LogP contribution in [0.5, 0.6) is 0 Å². The third-order valence-electron chi connectivity index (χ3n) is 3.39. The van der Waals surface area contributed by atoms with Crippen LogP contribution in [0.25, 0.3) is 0 Å². The summed E-state index contributed by atoms with van der Waals surface area (Å²) in [6.45, 7) is 4.53. The van der Waals surface area contributed by atoms with Crippen molar-refractivity contribution in [2.45, 2.75) is 33.0 Å². The first-order valence-electron chi connectivity index (χ1n) is 7.53. The Bertz CT molecular complexity index is 588. The molecule has 116 valence electrons. The molecular weight excluding hydrogens is 276 g/mol. The van der Waals surface area contributed by atoms with Gasteiger partial charge in [-0.3, -0.25) is 0 Å². The number of rotatable bonds is 6. The van der Waals surface area contributed by atoms with Crippen LogP contribution in [-0.2, 0) is 22.6 Å². The average molecular weight is 298 g/mol. The molecule has 2 aromatic carbocycles. The zero-order valence-electron chi connectivity index (χ0n) is 13.0. The molecule has 1 N–H and O–H groups in total. The standard InChI is InChI=1S/C19H22O3/c1-14(2)12-15-8-10-16(11-9-15)13-22-19(21)18(20)17-6-4-3-5-7-17/h3-11,14,18,20H,12-13H2,1-2H3. The Morgan fingerprint density at radius 2 is 1.59 bits per heavy atom. The molecule has 2 aromatic rings. The van der Waals surface area contributed by atoms with Crippen LogP contribution in [0.1, 0.15) is 36.6 Å². The molecule has 0 radical (unpaired) electrons. The van der Waals surface area contributed by atoms with Crippen molar-refractivity contribution >= 4 is 5.97 Å². The molecule has 1 unspecified atom stereocenters. The molecule has 22 heavy (non-hydrogen) atoms. The summed E-state index contributed by atoms with van der Waals surface area (Å²) in [6.07, 6.45) is -0.200. The summed E-state index contributed by atoms with van der Waals surface area (Å²) in [5.74, 6) is -0.0119. The third kappa shape index (κ3) is 4.71. The second-order valence-corrected chi connectivity index (χ2v) is 5.84. The van der Waals surface area contributed by atoms with Gasteiger partial charge < -0.3 is 9.84 Å². The van der Waals surface area contributed by atoms with E-state index >= 15 is 0 Å². The molecule has 0 saturated carbocycles. The molecule has 0 aliphatic carbocycles.